The fourth-order valence-corrected chi connectivity index (χ4v) is 1.70. The second-order valence-corrected chi connectivity index (χ2v) is 4.49. The highest BCUT2D eigenvalue weighted by molar-refractivity contribution is 5.82. The van der Waals surface area contributed by atoms with E-state index in [4.69, 9.17) is 10.2 Å². The van der Waals surface area contributed by atoms with E-state index in [0.29, 0.717) is 0 Å². The number of nitrogens with one attached hydrogen (secondary N) is 2. The number of carbonyl (C=O) groups excluding carboxylic acids is 1. The van der Waals surface area contributed by atoms with Crippen LogP contribution in [0.25, 0.3) is 0 Å². The molecule has 4 N–H and O–H groups in total. The third-order valence-corrected chi connectivity index (χ3v) is 2.78. The number of hydrogen-bond donors (Lipinski definition) is 4. The Bertz CT molecular complexity index is 489. The van der Waals surface area contributed by atoms with Gasteiger partial charge in [-0.3, -0.25) is 4.79 Å². The summed E-state index contributed by atoms with van der Waals surface area (Å²) in [5.41, 5.74) is 0.894. The van der Waals surface area contributed by atoms with E-state index < -0.39 is 24.0 Å². The second kappa shape index (κ2) is 8.57. The van der Waals surface area contributed by atoms with Crippen LogP contribution < -0.4 is 10.6 Å². The Kier molecular flexibility index (Phi) is 6.73. The summed E-state index contributed by atoms with van der Waals surface area (Å²) >= 11 is 0. The maximum absolute atomic E-state index is 11.6. The molecule has 1 aromatic rings. The molecule has 2 amide bonds. The van der Waals surface area contributed by atoms with Crippen molar-refractivity contribution < 1.29 is 24.6 Å². The molecule has 1 rings (SSSR count). The Balaban J connectivity index is 2.38. The lowest BCUT2D eigenvalue weighted by Gasteiger charge is -2.14. The molecule has 0 spiro atoms. The number of carboxylic acid groups (broad SMARTS) is 2. The monoisotopic (exact) mass is 294 g/mol. The van der Waals surface area contributed by atoms with Gasteiger partial charge in [0.1, 0.15) is 6.04 Å². The summed E-state index contributed by atoms with van der Waals surface area (Å²) < 4.78 is 0. The molecule has 0 fully saturated rings. The maximum atomic E-state index is 11.6. The Morgan fingerprint density at radius 2 is 1.76 bits per heavy atom. The highest BCUT2D eigenvalue weighted by atomic mass is 16.4. The average molecular weight is 294 g/mol. The van der Waals surface area contributed by atoms with Crippen LogP contribution in [0.2, 0.25) is 0 Å². The zero-order valence-corrected chi connectivity index (χ0v) is 11.4. The van der Waals surface area contributed by atoms with Crippen LogP contribution in [0.3, 0.4) is 0 Å². The summed E-state index contributed by atoms with van der Waals surface area (Å²) in [6.07, 6.45) is 0.128. The van der Waals surface area contributed by atoms with E-state index in [1.54, 1.807) is 0 Å². The number of carbonyl (C=O) groups is 3. The number of urea groups is 1. The van der Waals surface area contributed by atoms with Crippen molar-refractivity contribution in [2.45, 2.75) is 31.8 Å². The van der Waals surface area contributed by atoms with Gasteiger partial charge in [-0.15, -0.1) is 0 Å². The fraction of sp³-hybridized carbons (Fsp3) is 0.357. The van der Waals surface area contributed by atoms with E-state index in [1.165, 1.54) is 0 Å². The number of benzene rings is 1. The summed E-state index contributed by atoms with van der Waals surface area (Å²) in [7, 11) is 0. The van der Waals surface area contributed by atoms with Gasteiger partial charge in [-0.05, 0) is 18.4 Å². The number of rotatable bonds is 8. The van der Waals surface area contributed by atoms with E-state index >= 15 is 0 Å². The van der Waals surface area contributed by atoms with Crippen molar-refractivity contribution in [2.24, 2.45) is 0 Å². The van der Waals surface area contributed by atoms with Gasteiger partial charge in [0.2, 0.25) is 0 Å². The van der Waals surface area contributed by atoms with Crippen molar-refractivity contribution in [3.8, 4) is 0 Å². The molecular formula is C14H18N2O5. The molecule has 0 bridgehead atoms. The number of amides is 2. The lowest BCUT2D eigenvalue weighted by atomic mass is 10.1. The first kappa shape index (κ1) is 16.5. The molecule has 21 heavy (non-hydrogen) atoms. The van der Waals surface area contributed by atoms with Crippen LogP contribution in [0, 0.1) is 0 Å². The molecule has 0 aliphatic carbocycles. The molecule has 7 heteroatoms. The normalized spacial score (nSPS) is 11.4. The van der Waals surface area contributed by atoms with Crippen molar-refractivity contribution >= 4 is 18.0 Å². The van der Waals surface area contributed by atoms with Gasteiger partial charge in [0, 0.05) is 13.0 Å². The first-order valence-corrected chi connectivity index (χ1v) is 6.52. The zero-order valence-electron chi connectivity index (χ0n) is 11.4. The summed E-state index contributed by atoms with van der Waals surface area (Å²) in [6.45, 7) is 0.286. The highest BCUT2D eigenvalue weighted by Gasteiger charge is 2.19. The van der Waals surface area contributed by atoms with E-state index in [0.717, 1.165) is 5.56 Å². The second-order valence-electron chi connectivity index (χ2n) is 4.49. The topological polar surface area (TPSA) is 116 Å². The van der Waals surface area contributed by atoms with Crippen LogP contribution in [-0.4, -0.2) is 34.2 Å². The van der Waals surface area contributed by atoms with Gasteiger partial charge in [0.05, 0.1) is 0 Å². The Hall–Kier alpha value is -2.57. The average Bonchev–Trinajstić information content (AvgIpc) is 2.44. The molecule has 0 unspecified atom stereocenters. The van der Waals surface area contributed by atoms with Crippen LogP contribution in [0.1, 0.15) is 24.8 Å². The van der Waals surface area contributed by atoms with E-state index in [2.05, 4.69) is 10.6 Å². The first-order chi connectivity index (χ1) is 9.99. The maximum Gasteiger partial charge on any atom is 0.326 e. The van der Waals surface area contributed by atoms with Crippen LogP contribution in [-0.2, 0) is 16.1 Å². The number of aliphatic carboxylic acids is 2. The van der Waals surface area contributed by atoms with Gasteiger partial charge in [-0.2, -0.15) is 0 Å². The highest BCUT2D eigenvalue weighted by Crippen LogP contribution is 2.02. The molecule has 0 aliphatic rings. The number of carboxylic acids is 2. The lowest BCUT2D eigenvalue weighted by Crippen LogP contribution is -2.45. The van der Waals surface area contributed by atoms with Crippen LogP contribution in [0.15, 0.2) is 30.3 Å². The van der Waals surface area contributed by atoms with Gasteiger partial charge in [0.25, 0.3) is 0 Å². The molecule has 1 atom stereocenters. The lowest BCUT2D eigenvalue weighted by molar-refractivity contribution is -0.140. The molecule has 0 radical (unpaired) electrons. The Morgan fingerprint density at radius 1 is 1.10 bits per heavy atom. The fourth-order valence-electron chi connectivity index (χ4n) is 1.70. The van der Waals surface area contributed by atoms with Gasteiger partial charge in [0.15, 0.2) is 0 Å². The molecule has 0 heterocycles. The van der Waals surface area contributed by atoms with Gasteiger partial charge >= 0.3 is 18.0 Å². The van der Waals surface area contributed by atoms with E-state index in [1.807, 2.05) is 30.3 Å². The van der Waals surface area contributed by atoms with Crippen molar-refractivity contribution in [3.05, 3.63) is 35.9 Å². The van der Waals surface area contributed by atoms with Crippen LogP contribution in [0.4, 0.5) is 4.79 Å². The van der Waals surface area contributed by atoms with Gasteiger partial charge < -0.3 is 20.8 Å². The Morgan fingerprint density at radius 3 is 2.33 bits per heavy atom. The summed E-state index contributed by atoms with van der Waals surface area (Å²) in [5.74, 6) is -2.18. The van der Waals surface area contributed by atoms with Crippen LogP contribution in [0.5, 0.6) is 0 Å². The third kappa shape index (κ3) is 6.95. The Labute approximate surface area is 122 Å². The van der Waals surface area contributed by atoms with Crippen molar-refractivity contribution in [1.29, 1.82) is 0 Å². The molecule has 0 aliphatic heterocycles. The predicted molar refractivity (Wildman–Crippen MR) is 74.7 cm³/mol. The summed E-state index contributed by atoms with van der Waals surface area (Å²) in [5, 5.41) is 22.4. The SMILES string of the molecule is O=C(O)CCC[C@@H](NC(=O)NCc1ccccc1)C(=O)O. The largest absolute Gasteiger partial charge is 0.481 e. The molecule has 0 aromatic heterocycles. The minimum atomic E-state index is -1.18. The smallest absolute Gasteiger partial charge is 0.326 e. The van der Waals surface area contributed by atoms with Crippen LogP contribution >= 0.6 is 0 Å². The minimum Gasteiger partial charge on any atom is -0.481 e. The first-order valence-electron chi connectivity index (χ1n) is 6.52. The molecule has 114 valence electrons. The summed E-state index contributed by atoms with van der Waals surface area (Å²) in [6, 6.07) is 7.50. The molecule has 1 aromatic carbocycles. The van der Waals surface area contributed by atoms with E-state index in [9.17, 15) is 14.4 Å². The van der Waals surface area contributed by atoms with E-state index in [-0.39, 0.29) is 25.8 Å². The van der Waals surface area contributed by atoms with Crippen molar-refractivity contribution in [2.75, 3.05) is 0 Å². The predicted octanol–water partition coefficient (Wildman–Crippen LogP) is 1.19. The third-order valence-electron chi connectivity index (χ3n) is 2.78. The van der Waals surface area contributed by atoms with Gasteiger partial charge in [-0.1, -0.05) is 30.3 Å². The molecule has 0 saturated carbocycles. The minimum absolute atomic E-state index is 0.0698. The standard InChI is InChI=1S/C14H18N2O5/c17-12(18)8-4-7-11(13(19)20)16-14(21)15-9-10-5-2-1-3-6-10/h1-3,5-6,11H,4,7-9H2,(H,17,18)(H,19,20)(H2,15,16,21)/t11-/m1/s1. The van der Waals surface area contributed by atoms with Crippen molar-refractivity contribution in [1.82, 2.24) is 10.6 Å². The molecule has 0 saturated heterocycles. The van der Waals surface area contributed by atoms with Crippen molar-refractivity contribution in [3.63, 3.8) is 0 Å². The number of hydrogen-bond acceptors (Lipinski definition) is 3. The zero-order chi connectivity index (χ0) is 15.7. The summed E-state index contributed by atoms with van der Waals surface area (Å²) in [4.78, 5) is 33.0. The molecular weight excluding hydrogens is 276 g/mol. The van der Waals surface area contributed by atoms with Gasteiger partial charge in [-0.25, -0.2) is 9.59 Å². The quantitative estimate of drug-likeness (QED) is 0.575. The molecule has 7 nitrogen and oxygen atoms in total.